The van der Waals surface area contributed by atoms with E-state index in [1.807, 2.05) is 31.2 Å². The first-order chi connectivity index (χ1) is 18.6. The van der Waals surface area contributed by atoms with E-state index in [-0.39, 0.29) is 25.9 Å². The first kappa shape index (κ1) is 30.0. The van der Waals surface area contributed by atoms with Crippen molar-refractivity contribution in [2.24, 2.45) is 11.7 Å². The largest absolute Gasteiger partial charge is 0.480 e. The van der Waals surface area contributed by atoms with Crippen LogP contribution in [0.4, 0.5) is 9.18 Å². The number of piperidine rings is 1. The van der Waals surface area contributed by atoms with Crippen LogP contribution in [0.3, 0.4) is 0 Å². The van der Waals surface area contributed by atoms with Crippen LogP contribution in [0.1, 0.15) is 50.2 Å². The average molecular weight is 544 g/mol. The number of rotatable bonds is 11. The molecule has 1 heterocycles. The number of hydrogen-bond acceptors (Lipinski definition) is 6. The van der Waals surface area contributed by atoms with E-state index >= 15 is 4.39 Å². The molecule has 0 spiro atoms. The summed E-state index contributed by atoms with van der Waals surface area (Å²) in [5.74, 6) is -2.60. The van der Waals surface area contributed by atoms with E-state index in [9.17, 15) is 19.5 Å². The van der Waals surface area contributed by atoms with E-state index in [1.54, 1.807) is 12.1 Å². The van der Waals surface area contributed by atoms with Crippen LogP contribution in [-0.2, 0) is 26.3 Å². The topological polar surface area (TPSA) is 142 Å². The molecule has 5 N–H and O–H groups in total. The number of nitrogens with one attached hydrogen (secondary N) is 1. The molecule has 212 valence electrons. The minimum absolute atomic E-state index is 0.164. The average Bonchev–Trinajstić information content (AvgIpc) is 2.94. The molecule has 0 radical (unpaired) electrons. The second-order valence-corrected chi connectivity index (χ2v) is 9.99. The number of aryl methyl sites for hydroxylation is 1. The molecule has 0 aliphatic carbocycles. The monoisotopic (exact) mass is 543 g/mol. The Morgan fingerprint density at radius 3 is 2.69 bits per heavy atom. The van der Waals surface area contributed by atoms with Crippen LogP contribution in [0.2, 0.25) is 0 Å². The second-order valence-electron chi connectivity index (χ2n) is 9.99. The molecule has 2 aromatic rings. The van der Waals surface area contributed by atoms with E-state index in [2.05, 4.69) is 10.1 Å². The maximum Gasteiger partial charge on any atom is 0.406 e. The number of nitrogens with two attached hydrogens (primary N) is 1. The standard InChI is InChI=1S/C29H38FN3O6/c1-3-19-8-4-9-20(16-19)26-22(11-5-12-23(26)30)29(38,13-7-14-32-28(37)39-2)21-10-6-15-33(18-21)25(34)17-24(31)27(35)36/h4-5,8-9,11-12,16,21,24,38H,3,6-7,10,13-15,17-18,31H2,1-2H3,(H,32,37)(H,35,36)/t21-,24+,29+/m1/s1. The third-order valence-electron chi connectivity index (χ3n) is 7.45. The van der Waals surface area contributed by atoms with Crippen LogP contribution in [0, 0.1) is 11.7 Å². The van der Waals surface area contributed by atoms with Gasteiger partial charge in [-0.2, -0.15) is 0 Å². The minimum atomic E-state index is -1.55. The molecule has 0 unspecified atom stereocenters. The molecule has 1 aliphatic heterocycles. The zero-order valence-corrected chi connectivity index (χ0v) is 22.5. The van der Waals surface area contributed by atoms with E-state index in [1.165, 1.54) is 18.1 Å². The number of benzene rings is 2. The van der Waals surface area contributed by atoms with Crippen LogP contribution < -0.4 is 11.1 Å². The molecule has 10 heteroatoms. The lowest BCUT2D eigenvalue weighted by atomic mass is 9.72. The van der Waals surface area contributed by atoms with Crippen molar-refractivity contribution in [3.63, 3.8) is 0 Å². The van der Waals surface area contributed by atoms with Gasteiger partial charge in [0.25, 0.3) is 0 Å². The summed E-state index contributed by atoms with van der Waals surface area (Å²) in [4.78, 5) is 37.2. The van der Waals surface area contributed by atoms with Crippen molar-refractivity contribution in [1.29, 1.82) is 0 Å². The Hall–Kier alpha value is -3.50. The van der Waals surface area contributed by atoms with Gasteiger partial charge in [-0.1, -0.05) is 43.3 Å². The van der Waals surface area contributed by atoms with Crippen LogP contribution in [0.15, 0.2) is 42.5 Å². The zero-order chi connectivity index (χ0) is 28.6. The van der Waals surface area contributed by atoms with E-state index < -0.39 is 41.3 Å². The summed E-state index contributed by atoms with van der Waals surface area (Å²) in [5.41, 5.74) is 6.42. The van der Waals surface area contributed by atoms with Gasteiger partial charge in [-0.25, -0.2) is 9.18 Å². The summed E-state index contributed by atoms with van der Waals surface area (Å²) in [6, 6.07) is 10.9. The third-order valence-corrected chi connectivity index (χ3v) is 7.45. The lowest BCUT2D eigenvalue weighted by Gasteiger charge is -2.44. The molecular formula is C29H38FN3O6. The molecule has 2 aromatic carbocycles. The lowest BCUT2D eigenvalue weighted by molar-refractivity contribution is -0.144. The number of carbonyl (C=O) groups excluding carboxylic acids is 2. The van der Waals surface area contributed by atoms with Crippen molar-refractivity contribution < 1.29 is 33.7 Å². The highest BCUT2D eigenvalue weighted by atomic mass is 19.1. The predicted octanol–water partition coefficient (Wildman–Crippen LogP) is 3.42. The molecular weight excluding hydrogens is 505 g/mol. The summed E-state index contributed by atoms with van der Waals surface area (Å²) in [6.07, 6.45) is 1.52. The van der Waals surface area contributed by atoms with E-state index in [0.29, 0.717) is 42.5 Å². The van der Waals surface area contributed by atoms with Gasteiger partial charge in [-0.05, 0) is 54.9 Å². The van der Waals surface area contributed by atoms with Gasteiger partial charge in [0.1, 0.15) is 11.9 Å². The van der Waals surface area contributed by atoms with Gasteiger partial charge in [-0.3, -0.25) is 9.59 Å². The number of carboxylic acid groups (broad SMARTS) is 1. The van der Waals surface area contributed by atoms with Crippen molar-refractivity contribution in [3.8, 4) is 11.1 Å². The first-order valence-electron chi connectivity index (χ1n) is 13.3. The zero-order valence-electron chi connectivity index (χ0n) is 22.5. The lowest BCUT2D eigenvalue weighted by Crippen LogP contribution is -2.50. The molecule has 1 aliphatic rings. The molecule has 39 heavy (non-hydrogen) atoms. The fourth-order valence-corrected chi connectivity index (χ4v) is 5.30. The van der Waals surface area contributed by atoms with Crippen molar-refractivity contribution >= 4 is 18.0 Å². The number of halogens is 1. The van der Waals surface area contributed by atoms with Gasteiger partial charge in [0.15, 0.2) is 0 Å². The Kier molecular flexibility index (Phi) is 10.4. The van der Waals surface area contributed by atoms with Crippen LogP contribution in [-0.4, -0.2) is 65.9 Å². The Bertz CT molecular complexity index is 1180. The summed E-state index contributed by atoms with van der Waals surface area (Å²) < 4.78 is 20.1. The van der Waals surface area contributed by atoms with Crippen LogP contribution >= 0.6 is 0 Å². The molecule has 3 rings (SSSR count). The summed E-state index contributed by atoms with van der Waals surface area (Å²) in [5, 5.41) is 24.2. The maximum absolute atomic E-state index is 15.5. The second kappa shape index (κ2) is 13.5. The van der Waals surface area contributed by atoms with Crippen molar-refractivity contribution in [2.75, 3.05) is 26.7 Å². The fraction of sp³-hybridized carbons (Fsp3) is 0.483. The number of carbonyl (C=O) groups is 3. The van der Waals surface area contributed by atoms with Gasteiger partial charge >= 0.3 is 12.1 Å². The van der Waals surface area contributed by atoms with Gasteiger partial charge in [0.05, 0.1) is 19.1 Å². The summed E-state index contributed by atoms with van der Waals surface area (Å²) in [7, 11) is 1.26. The third kappa shape index (κ3) is 7.33. The number of ether oxygens (including phenoxy) is 1. The Balaban J connectivity index is 2.00. The maximum atomic E-state index is 15.5. The van der Waals surface area contributed by atoms with Crippen molar-refractivity contribution in [3.05, 3.63) is 59.4 Å². The predicted molar refractivity (Wildman–Crippen MR) is 144 cm³/mol. The molecule has 1 fully saturated rings. The summed E-state index contributed by atoms with van der Waals surface area (Å²) >= 11 is 0. The number of nitrogens with zero attached hydrogens (tertiary/aromatic N) is 1. The van der Waals surface area contributed by atoms with E-state index in [4.69, 9.17) is 10.8 Å². The number of hydrogen-bond donors (Lipinski definition) is 4. The summed E-state index contributed by atoms with van der Waals surface area (Å²) in [6.45, 7) is 2.82. The van der Waals surface area contributed by atoms with Gasteiger partial charge < -0.3 is 30.9 Å². The molecule has 0 aromatic heterocycles. The molecule has 9 nitrogen and oxygen atoms in total. The van der Waals surface area contributed by atoms with Gasteiger partial charge in [-0.15, -0.1) is 0 Å². The van der Waals surface area contributed by atoms with Crippen molar-refractivity contribution in [2.45, 2.75) is 57.1 Å². The van der Waals surface area contributed by atoms with Crippen molar-refractivity contribution in [1.82, 2.24) is 10.2 Å². The number of carboxylic acids is 1. The van der Waals surface area contributed by atoms with Gasteiger partial charge in [0.2, 0.25) is 5.91 Å². The van der Waals surface area contributed by atoms with Crippen LogP contribution in [0.25, 0.3) is 11.1 Å². The quantitative estimate of drug-likeness (QED) is 0.318. The van der Waals surface area contributed by atoms with Crippen LogP contribution in [0.5, 0.6) is 0 Å². The highest BCUT2D eigenvalue weighted by Gasteiger charge is 2.43. The number of methoxy groups -OCH3 is 1. The number of likely N-dealkylation sites (tertiary alicyclic amines) is 1. The number of amides is 2. The normalized spacial score (nSPS) is 17.7. The SMILES string of the molecule is CCc1cccc(-c2c(F)cccc2[C@](O)(CCCNC(=O)OC)[C@@H]2CCCN(C(=O)C[C@H](N)C(=O)O)C2)c1. The molecule has 0 bridgehead atoms. The highest BCUT2D eigenvalue weighted by Crippen LogP contribution is 2.44. The smallest absolute Gasteiger partial charge is 0.406 e. The minimum Gasteiger partial charge on any atom is -0.480 e. The number of alkyl carbamates (subject to hydrolysis) is 1. The molecule has 2 amide bonds. The molecule has 1 saturated heterocycles. The molecule has 3 atom stereocenters. The molecule has 0 saturated carbocycles. The number of aliphatic hydroxyl groups is 1. The first-order valence-corrected chi connectivity index (χ1v) is 13.3. The Morgan fingerprint density at radius 2 is 2.00 bits per heavy atom. The highest BCUT2D eigenvalue weighted by molar-refractivity contribution is 5.84. The Labute approximate surface area is 228 Å². The van der Waals surface area contributed by atoms with Gasteiger partial charge in [0, 0.05) is 31.1 Å². The van der Waals surface area contributed by atoms with E-state index in [0.717, 1.165) is 12.0 Å². The Morgan fingerprint density at radius 1 is 1.26 bits per heavy atom. The fourth-order valence-electron chi connectivity index (χ4n) is 5.30. The number of aliphatic carboxylic acids is 1.